The molecule has 146 valence electrons. The van der Waals surface area contributed by atoms with Crippen molar-refractivity contribution < 1.29 is 39.1 Å². The number of halogens is 5. The smallest absolute Gasteiger partial charge is 0.367 e. The van der Waals surface area contributed by atoms with Crippen LogP contribution in [0.4, 0.5) is 0 Å². The molecule has 2 aliphatic rings. The fraction of sp³-hybridized carbons (Fsp3) is 0.917. The molecule has 3 N–H and O–H groups in total. The molecule has 0 saturated carbocycles. The lowest BCUT2D eigenvalue weighted by Crippen LogP contribution is -2.67. The Hall–Kier alpha value is 0.680. The van der Waals surface area contributed by atoms with E-state index in [1.54, 1.807) is 0 Å². The number of aliphatic hydroxyl groups excluding tert-OH is 1. The van der Waals surface area contributed by atoms with Crippen molar-refractivity contribution in [3.63, 3.8) is 0 Å². The molecule has 0 amide bonds. The van der Waals surface area contributed by atoms with Crippen LogP contribution in [0.2, 0.25) is 0 Å². The zero-order valence-electron chi connectivity index (χ0n) is 12.8. The van der Waals surface area contributed by atoms with E-state index in [4.69, 9.17) is 77.0 Å². The number of carbonyl (C=O) groups is 1. The highest BCUT2D eigenvalue weighted by Crippen LogP contribution is 2.51. The van der Waals surface area contributed by atoms with E-state index in [1.807, 2.05) is 0 Å². The van der Waals surface area contributed by atoms with E-state index in [0.717, 1.165) is 0 Å². The average molecular weight is 465 g/mol. The monoisotopic (exact) mass is 462 g/mol. The van der Waals surface area contributed by atoms with Gasteiger partial charge in [-0.3, -0.25) is 0 Å². The average Bonchev–Trinajstić information content (AvgIpc) is 2.68. The summed E-state index contributed by atoms with van der Waals surface area (Å²) in [6, 6.07) is 0. The maximum absolute atomic E-state index is 11.5. The first-order valence-electron chi connectivity index (χ1n) is 6.85. The number of aliphatic carboxylic acids is 1. The van der Waals surface area contributed by atoms with Gasteiger partial charge in [0.15, 0.2) is 16.7 Å². The maximum atomic E-state index is 11.5. The molecule has 13 heteroatoms. The second-order valence-corrected chi connectivity index (χ2v) is 9.35. The molecule has 0 aromatic heterocycles. The number of aliphatic hydroxyl groups is 2. The lowest BCUT2D eigenvalue weighted by atomic mass is 9.98. The zero-order chi connectivity index (χ0) is 19.4. The van der Waals surface area contributed by atoms with E-state index in [1.165, 1.54) is 13.8 Å². The van der Waals surface area contributed by atoms with Crippen molar-refractivity contribution in [2.75, 3.05) is 6.61 Å². The van der Waals surface area contributed by atoms with E-state index in [2.05, 4.69) is 0 Å². The standard InChI is InChI=1S/C12H15Cl5O8/c1-9(2)24-6(10(21,25-9)8(19)20)5-4(18)3-22-11(23-5,7(13)14)12(15,16)17/h4-7,18,21H,3H2,1-2H3,(H,19,20)/t4-,5+,6-,10-,11?/m0/s1. The Balaban J connectivity index is 2.44. The van der Waals surface area contributed by atoms with Crippen molar-refractivity contribution in [2.45, 2.75) is 58.1 Å². The molecular weight excluding hydrogens is 449 g/mol. The summed E-state index contributed by atoms with van der Waals surface area (Å²) in [6.45, 7) is 2.23. The fourth-order valence-corrected chi connectivity index (χ4v) is 4.08. The molecule has 1 unspecified atom stereocenters. The molecule has 5 atom stereocenters. The Bertz CT molecular complexity index is 540. The van der Waals surface area contributed by atoms with Crippen LogP contribution in [0.5, 0.6) is 0 Å². The van der Waals surface area contributed by atoms with Gasteiger partial charge in [0.2, 0.25) is 9.58 Å². The van der Waals surface area contributed by atoms with Crippen LogP contribution in [0.1, 0.15) is 13.8 Å². The summed E-state index contributed by atoms with van der Waals surface area (Å²) in [4.78, 5) is 9.96. The number of carboxylic acids is 1. The van der Waals surface area contributed by atoms with E-state index in [0.29, 0.717) is 0 Å². The Morgan fingerprint density at radius 1 is 1.24 bits per heavy atom. The third-order valence-corrected chi connectivity index (χ3v) is 5.01. The van der Waals surface area contributed by atoms with Crippen molar-refractivity contribution in [2.24, 2.45) is 0 Å². The van der Waals surface area contributed by atoms with E-state index >= 15 is 0 Å². The quantitative estimate of drug-likeness (QED) is 0.539. The molecule has 0 radical (unpaired) electrons. The molecule has 0 aliphatic carbocycles. The molecule has 0 spiro atoms. The van der Waals surface area contributed by atoms with Crippen molar-refractivity contribution in [3.8, 4) is 0 Å². The normalized spacial score (nSPS) is 41.9. The summed E-state index contributed by atoms with van der Waals surface area (Å²) >= 11 is 29.2. The predicted molar refractivity (Wildman–Crippen MR) is 88.0 cm³/mol. The summed E-state index contributed by atoms with van der Waals surface area (Å²) in [5.74, 6) is -8.39. The van der Waals surface area contributed by atoms with E-state index < -0.39 is 56.9 Å². The molecule has 0 aromatic rings. The molecule has 0 aromatic carbocycles. The first-order valence-corrected chi connectivity index (χ1v) is 8.85. The predicted octanol–water partition coefficient (Wildman–Crippen LogP) is 1.56. The summed E-state index contributed by atoms with van der Waals surface area (Å²) in [7, 11) is 0. The van der Waals surface area contributed by atoms with Crippen molar-refractivity contribution in [1.82, 2.24) is 0 Å². The van der Waals surface area contributed by atoms with Crippen molar-refractivity contribution in [3.05, 3.63) is 0 Å². The molecule has 2 aliphatic heterocycles. The van der Waals surface area contributed by atoms with Crippen molar-refractivity contribution in [1.29, 1.82) is 0 Å². The molecule has 2 rings (SSSR count). The van der Waals surface area contributed by atoms with Crippen LogP contribution >= 0.6 is 58.0 Å². The minimum Gasteiger partial charge on any atom is -0.477 e. The van der Waals surface area contributed by atoms with Crippen LogP contribution in [0, 0.1) is 0 Å². The fourth-order valence-electron chi connectivity index (χ4n) is 2.57. The van der Waals surface area contributed by atoms with Crippen LogP contribution in [0.25, 0.3) is 0 Å². The molecule has 0 bridgehead atoms. The zero-order valence-corrected chi connectivity index (χ0v) is 16.6. The van der Waals surface area contributed by atoms with Crippen LogP contribution in [0.15, 0.2) is 0 Å². The minimum absolute atomic E-state index is 0.496. The number of hydrogen-bond donors (Lipinski definition) is 3. The lowest BCUT2D eigenvalue weighted by molar-refractivity contribution is -0.337. The Kier molecular flexibility index (Phi) is 6.09. The molecule has 25 heavy (non-hydrogen) atoms. The summed E-state index contributed by atoms with van der Waals surface area (Å²) in [5, 5.41) is 29.9. The summed E-state index contributed by atoms with van der Waals surface area (Å²) < 4.78 is 18.8. The largest absolute Gasteiger partial charge is 0.477 e. The van der Waals surface area contributed by atoms with Crippen LogP contribution in [-0.2, 0) is 23.7 Å². The third kappa shape index (κ3) is 3.82. The van der Waals surface area contributed by atoms with Gasteiger partial charge in [-0.1, -0.05) is 58.0 Å². The number of ether oxygens (including phenoxy) is 4. The first-order chi connectivity index (χ1) is 11.2. The third-order valence-electron chi connectivity index (χ3n) is 3.64. The van der Waals surface area contributed by atoms with Gasteiger partial charge in [-0.2, -0.15) is 0 Å². The number of hydrogen-bond acceptors (Lipinski definition) is 7. The molecule has 2 heterocycles. The highest BCUT2D eigenvalue weighted by atomic mass is 35.6. The molecule has 8 nitrogen and oxygen atoms in total. The van der Waals surface area contributed by atoms with E-state index in [9.17, 15) is 20.1 Å². The summed E-state index contributed by atoms with van der Waals surface area (Å²) in [6.07, 6.45) is -4.74. The Labute approximate surface area is 167 Å². The number of carboxylic acid groups (broad SMARTS) is 1. The molecule has 2 saturated heterocycles. The van der Waals surface area contributed by atoms with Crippen LogP contribution < -0.4 is 0 Å². The topological polar surface area (TPSA) is 115 Å². The summed E-state index contributed by atoms with van der Waals surface area (Å²) in [5.41, 5.74) is 0. The van der Waals surface area contributed by atoms with Gasteiger partial charge in [0.05, 0.1) is 6.61 Å². The van der Waals surface area contributed by atoms with Gasteiger partial charge in [0, 0.05) is 0 Å². The number of rotatable bonds is 3. The van der Waals surface area contributed by atoms with Gasteiger partial charge in [-0.05, 0) is 13.8 Å². The van der Waals surface area contributed by atoms with Crippen molar-refractivity contribution >= 4 is 64.0 Å². The maximum Gasteiger partial charge on any atom is 0.367 e. The second kappa shape index (κ2) is 6.93. The van der Waals surface area contributed by atoms with Gasteiger partial charge >= 0.3 is 5.97 Å². The highest BCUT2D eigenvalue weighted by Gasteiger charge is 2.67. The van der Waals surface area contributed by atoms with Gasteiger partial charge in [0.1, 0.15) is 12.2 Å². The lowest BCUT2D eigenvalue weighted by Gasteiger charge is -2.48. The second-order valence-electron chi connectivity index (χ2n) is 5.97. The van der Waals surface area contributed by atoms with E-state index in [-0.39, 0.29) is 0 Å². The van der Waals surface area contributed by atoms with Gasteiger partial charge in [0.25, 0.3) is 5.79 Å². The molecular formula is C12H15Cl5O8. The Morgan fingerprint density at radius 2 is 1.80 bits per heavy atom. The van der Waals surface area contributed by atoms with Crippen LogP contribution in [0.3, 0.4) is 0 Å². The van der Waals surface area contributed by atoms with Gasteiger partial charge in [-0.15, -0.1) is 0 Å². The van der Waals surface area contributed by atoms with Gasteiger partial charge < -0.3 is 34.3 Å². The Morgan fingerprint density at radius 3 is 2.24 bits per heavy atom. The number of alkyl halides is 5. The van der Waals surface area contributed by atoms with Gasteiger partial charge in [-0.25, -0.2) is 4.79 Å². The highest BCUT2D eigenvalue weighted by molar-refractivity contribution is 6.69. The first kappa shape index (κ1) is 22.0. The SMILES string of the molecule is CC1(C)O[C@@H]([C@@H]2OC(C(Cl)Cl)(C(Cl)(Cl)Cl)OC[C@@H]2O)[C@@](O)(C(=O)O)O1. The van der Waals surface area contributed by atoms with Crippen LogP contribution in [-0.4, -0.2) is 72.2 Å². The minimum atomic E-state index is -2.85. The molecule has 2 fully saturated rings.